The second kappa shape index (κ2) is 7.77. The highest BCUT2D eigenvalue weighted by molar-refractivity contribution is 5.88. The fourth-order valence-corrected chi connectivity index (χ4v) is 2.63. The predicted octanol–water partition coefficient (Wildman–Crippen LogP) is 3.77. The molecule has 0 aliphatic heterocycles. The van der Waals surface area contributed by atoms with E-state index in [-0.39, 0.29) is 0 Å². The fourth-order valence-electron chi connectivity index (χ4n) is 2.63. The smallest absolute Gasteiger partial charge is 0.151 e. The summed E-state index contributed by atoms with van der Waals surface area (Å²) in [5.74, 6) is 1.46. The van der Waals surface area contributed by atoms with E-state index in [0.717, 1.165) is 47.4 Å². The van der Waals surface area contributed by atoms with E-state index in [1.807, 2.05) is 41.5 Å². The van der Waals surface area contributed by atoms with Crippen LogP contribution in [0.1, 0.15) is 64.5 Å². The highest BCUT2D eigenvalue weighted by Crippen LogP contribution is 2.28. The molecule has 5 heteroatoms. The average molecular weight is 320 g/mol. The van der Waals surface area contributed by atoms with E-state index in [9.17, 15) is 5.11 Å². The second-order valence-electron chi connectivity index (χ2n) is 6.43. The number of aromatic nitrogens is 3. The van der Waals surface area contributed by atoms with Crippen LogP contribution in [0.15, 0.2) is 0 Å². The van der Waals surface area contributed by atoms with Crippen molar-refractivity contribution in [3.63, 3.8) is 0 Å². The summed E-state index contributed by atoms with van der Waals surface area (Å²) >= 11 is 0. The lowest BCUT2D eigenvalue weighted by Gasteiger charge is -2.21. The molecule has 0 fully saturated rings. The maximum atomic E-state index is 10.2. The van der Waals surface area contributed by atoms with E-state index in [2.05, 4.69) is 16.5 Å². The van der Waals surface area contributed by atoms with Crippen LogP contribution in [-0.2, 0) is 13.0 Å². The number of anilines is 1. The summed E-state index contributed by atoms with van der Waals surface area (Å²) < 4.78 is 2.12. The summed E-state index contributed by atoms with van der Waals surface area (Å²) in [7, 11) is 0. The fraction of sp³-hybridized carbons (Fsp3) is 0.667. The molecule has 0 aliphatic rings. The molecular formula is C18H32N4O. The van der Waals surface area contributed by atoms with Gasteiger partial charge in [0.05, 0.1) is 17.7 Å². The molecule has 23 heavy (non-hydrogen) atoms. The molecule has 0 saturated heterocycles. The molecule has 2 aromatic rings. The number of aryl methyl sites for hydroxylation is 3. The number of aliphatic hydroxyl groups is 1. The summed E-state index contributed by atoms with van der Waals surface area (Å²) in [6.07, 6.45) is 3.07. The number of hydrogen-bond donors (Lipinski definition) is 2. The zero-order valence-electron chi connectivity index (χ0n) is 15.7. The van der Waals surface area contributed by atoms with Crippen molar-refractivity contribution in [1.82, 2.24) is 14.5 Å². The van der Waals surface area contributed by atoms with Crippen LogP contribution in [0.5, 0.6) is 0 Å². The Bertz CT molecular complexity index is 653. The van der Waals surface area contributed by atoms with E-state index < -0.39 is 5.60 Å². The normalized spacial score (nSPS) is 11.5. The second-order valence-corrected chi connectivity index (χ2v) is 6.43. The third-order valence-corrected chi connectivity index (χ3v) is 3.77. The molecule has 2 rings (SSSR count). The third-order valence-electron chi connectivity index (χ3n) is 3.77. The summed E-state index contributed by atoms with van der Waals surface area (Å²) in [6.45, 7) is 14.3. The van der Waals surface area contributed by atoms with Crippen molar-refractivity contribution in [2.24, 2.45) is 0 Å². The predicted molar refractivity (Wildman–Crippen MR) is 97.7 cm³/mol. The first kappa shape index (κ1) is 19.4. The largest absolute Gasteiger partial charge is 0.389 e. The van der Waals surface area contributed by atoms with Gasteiger partial charge in [0.1, 0.15) is 11.3 Å². The minimum atomic E-state index is -0.799. The van der Waals surface area contributed by atoms with Crippen LogP contribution in [0, 0.1) is 13.8 Å². The van der Waals surface area contributed by atoms with Crippen LogP contribution in [-0.4, -0.2) is 25.2 Å². The zero-order valence-corrected chi connectivity index (χ0v) is 15.7. The Labute approximate surface area is 139 Å². The summed E-state index contributed by atoms with van der Waals surface area (Å²) in [5.41, 5.74) is 9.02. The number of imidazole rings is 1. The number of hydrogen-bond acceptors (Lipinski definition) is 4. The minimum Gasteiger partial charge on any atom is -0.389 e. The van der Waals surface area contributed by atoms with Crippen molar-refractivity contribution in [1.29, 1.82) is 0 Å². The van der Waals surface area contributed by atoms with E-state index in [0.29, 0.717) is 12.4 Å². The molecular weight excluding hydrogens is 288 g/mol. The van der Waals surface area contributed by atoms with Gasteiger partial charge in [0.2, 0.25) is 0 Å². The standard InChI is InChI=1S/C16H26N4O.C2H6/c1-6-7-8-12-19-13-14(20(12)9-16(4,5)21)10(2)11(3)18-15(13)17;1-2/h21H,6-9H2,1-5H3,(H2,17,18);1-2H3. The highest BCUT2D eigenvalue weighted by Gasteiger charge is 2.22. The molecule has 2 aromatic heterocycles. The van der Waals surface area contributed by atoms with Gasteiger partial charge in [-0.05, 0) is 39.7 Å². The number of nitrogens with zero attached hydrogens (tertiary/aromatic N) is 3. The summed E-state index contributed by atoms with van der Waals surface area (Å²) in [4.78, 5) is 9.07. The summed E-state index contributed by atoms with van der Waals surface area (Å²) in [6, 6.07) is 0. The molecule has 0 bridgehead atoms. The van der Waals surface area contributed by atoms with Crippen molar-refractivity contribution in [2.45, 2.75) is 79.9 Å². The zero-order chi connectivity index (χ0) is 17.8. The van der Waals surface area contributed by atoms with Gasteiger partial charge in [0.15, 0.2) is 5.82 Å². The van der Waals surface area contributed by atoms with Gasteiger partial charge in [-0.15, -0.1) is 0 Å². The maximum Gasteiger partial charge on any atom is 0.151 e. The maximum absolute atomic E-state index is 10.2. The topological polar surface area (TPSA) is 77.0 Å². The van der Waals surface area contributed by atoms with Crippen LogP contribution in [0.2, 0.25) is 0 Å². The molecule has 0 aliphatic carbocycles. The van der Waals surface area contributed by atoms with Crippen molar-refractivity contribution < 1.29 is 5.11 Å². The molecule has 3 N–H and O–H groups in total. The van der Waals surface area contributed by atoms with Gasteiger partial charge in [-0.3, -0.25) is 0 Å². The number of nitrogens with two attached hydrogens (primary N) is 1. The van der Waals surface area contributed by atoms with Crippen molar-refractivity contribution in [3.05, 3.63) is 17.1 Å². The molecule has 5 nitrogen and oxygen atoms in total. The molecule has 0 atom stereocenters. The molecule has 0 amide bonds. The Hall–Kier alpha value is -1.62. The van der Waals surface area contributed by atoms with Gasteiger partial charge in [-0.2, -0.15) is 0 Å². The number of rotatable bonds is 5. The van der Waals surface area contributed by atoms with Crippen LogP contribution < -0.4 is 5.73 Å². The Balaban J connectivity index is 0.00000127. The first-order valence-electron chi connectivity index (χ1n) is 8.58. The van der Waals surface area contributed by atoms with Crippen molar-refractivity contribution >= 4 is 16.9 Å². The Morgan fingerprint density at radius 2 is 1.78 bits per heavy atom. The van der Waals surface area contributed by atoms with Crippen molar-refractivity contribution in [3.8, 4) is 0 Å². The van der Waals surface area contributed by atoms with Crippen LogP contribution >= 0.6 is 0 Å². The Morgan fingerprint density at radius 1 is 1.17 bits per heavy atom. The van der Waals surface area contributed by atoms with E-state index in [1.165, 1.54) is 0 Å². The average Bonchev–Trinajstić information content (AvgIpc) is 2.82. The molecule has 0 saturated carbocycles. The van der Waals surface area contributed by atoms with Gasteiger partial charge in [0, 0.05) is 12.1 Å². The van der Waals surface area contributed by atoms with Gasteiger partial charge in [-0.1, -0.05) is 27.2 Å². The molecule has 0 aromatic carbocycles. The molecule has 0 radical (unpaired) electrons. The molecule has 2 heterocycles. The van der Waals surface area contributed by atoms with Crippen LogP contribution in [0.25, 0.3) is 11.0 Å². The first-order valence-corrected chi connectivity index (χ1v) is 8.58. The number of nitrogen functional groups attached to an aromatic ring is 1. The quantitative estimate of drug-likeness (QED) is 0.879. The Kier molecular flexibility index (Phi) is 6.57. The minimum absolute atomic E-state index is 0.473. The van der Waals surface area contributed by atoms with Gasteiger partial charge >= 0.3 is 0 Å². The molecule has 130 valence electrons. The van der Waals surface area contributed by atoms with E-state index >= 15 is 0 Å². The van der Waals surface area contributed by atoms with E-state index in [4.69, 9.17) is 10.7 Å². The van der Waals surface area contributed by atoms with Crippen LogP contribution in [0.3, 0.4) is 0 Å². The molecule has 0 unspecified atom stereocenters. The highest BCUT2D eigenvalue weighted by atomic mass is 16.3. The van der Waals surface area contributed by atoms with Gasteiger partial charge < -0.3 is 15.4 Å². The lowest BCUT2D eigenvalue weighted by molar-refractivity contribution is 0.0617. The summed E-state index contributed by atoms with van der Waals surface area (Å²) in [5, 5.41) is 10.2. The van der Waals surface area contributed by atoms with Crippen molar-refractivity contribution in [2.75, 3.05) is 5.73 Å². The number of pyridine rings is 1. The van der Waals surface area contributed by atoms with E-state index in [1.54, 1.807) is 0 Å². The lowest BCUT2D eigenvalue weighted by Crippen LogP contribution is -2.27. The Morgan fingerprint density at radius 3 is 2.30 bits per heavy atom. The van der Waals surface area contributed by atoms with Gasteiger partial charge in [-0.25, -0.2) is 9.97 Å². The monoisotopic (exact) mass is 320 g/mol. The SMILES string of the molecule is CC.CCCCc1nc2c(N)nc(C)c(C)c2n1CC(C)(C)O. The molecule has 0 spiro atoms. The van der Waals surface area contributed by atoms with Gasteiger partial charge in [0.25, 0.3) is 0 Å². The number of unbranched alkanes of at least 4 members (excludes halogenated alkanes) is 1. The lowest BCUT2D eigenvalue weighted by atomic mass is 10.1. The third kappa shape index (κ3) is 4.44. The first-order chi connectivity index (χ1) is 10.7. The number of fused-ring (bicyclic) bond motifs is 1. The van der Waals surface area contributed by atoms with Crippen LogP contribution in [0.4, 0.5) is 5.82 Å².